The average molecular weight is 435 g/mol. The summed E-state index contributed by atoms with van der Waals surface area (Å²) in [6, 6.07) is 17.4. The van der Waals surface area contributed by atoms with Gasteiger partial charge in [-0.05, 0) is 54.6 Å². The van der Waals surface area contributed by atoms with Crippen LogP contribution in [0.3, 0.4) is 0 Å². The van der Waals surface area contributed by atoms with Gasteiger partial charge in [0, 0.05) is 22.5 Å². The standard InChI is InChI=1S/C20H16ClFN2O4S/c21-14-7-9-16(10-8-14)24-29(26,27)19-6-2-4-17(12-19)23-20(25)13-28-18-5-1-3-15(22)11-18/h1-12,24H,13H2,(H,23,25). The third kappa shape index (κ3) is 5.94. The fourth-order valence-electron chi connectivity index (χ4n) is 2.38. The number of hydrogen-bond acceptors (Lipinski definition) is 4. The van der Waals surface area contributed by atoms with Gasteiger partial charge in [-0.1, -0.05) is 23.7 Å². The fourth-order valence-corrected chi connectivity index (χ4v) is 3.61. The van der Waals surface area contributed by atoms with Crippen LogP contribution in [0.15, 0.2) is 77.7 Å². The zero-order valence-corrected chi connectivity index (χ0v) is 16.5. The normalized spacial score (nSPS) is 11.0. The molecule has 0 aromatic heterocycles. The van der Waals surface area contributed by atoms with E-state index in [0.29, 0.717) is 10.7 Å². The summed E-state index contributed by atoms with van der Waals surface area (Å²) in [5, 5.41) is 3.03. The molecule has 3 rings (SSSR count). The number of nitrogens with one attached hydrogen (secondary N) is 2. The van der Waals surface area contributed by atoms with E-state index < -0.39 is 21.7 Å². The summed E-state index contributed by atoms with van der Waals surface area (Å²) < 4.78 is 45.9. The minimum Gasteiger partial charge on any atom is -0.484 e. The Morgan fingerprint density at radius 2 is 1.69 bits per heavy atom. The molecule has 6 nitrogen and oxygen atoms in total. The molecule has 150 valence electrons. The van der Waals surface area contributed by atoms with Crippen molar-refractivity contribution in [3.63, 3.8) is 0 Å². The maximum absolute atomic E-state index is 13.1. The lowest BCUT2D eigenvalue weighted by molar-refractivity contribution is -0.118. The van der Waals surface area contributed by atoms with Crippen LogP contribution in [0.2, 0.25) is 5.02 Å². The number of hydrogen-bond donors (Lipinski definition) is 2. The Balaban J connectivity index is 1.65. The van der Waals surface area contributed by atoms with E-state index >= 15 is 0 Å². The lowest BCUT2D eigenvalue weighted by Gasteiger charge is -2.11. The number of ether oxygens (including phenoxy) is 1. The van der Waals surface area contributed by atoms with Crippen molar-refractivity contribution in [3.8, 4) is 5.75 Å². The summed E-state index contributed by atoms with van der Waals surface area (Å²) >= 11 is 5.80. The first kappa shape index (κ1) is 20.6. The van der Waals surface area contributed by atoms with E-state index in [4.69, 9.17) is 16.3 Å². The Morgan fingerprint density at radius 1 is 0.966 bits per heavy atom. The fraction of sp³-hybridized carbons (Fsp3) is 0.0500. The molecular weight excluding hydrogens is 419 g/mol. The van der Waals surface area contributed by atoms with Gasteiger partial charge in [0.2, 0.25) is 0 Å². The molecule has 3 aromatic carbocycles. The van der Waals surface area contributed by atoms with Crippen molar-refractivity contribution in [1.82, 2.24) is 0 Å². The van der Waals surface area contributed by atoms with E-state index in [0.717, 1.165) is 6.07 Å². The Labute approximate surface area is 172 Å². The predicted molar refractivity (Wildman–Crippen MR) is 109 cm³/mol. The van der Waals surface area contributed by atoms with Gasteiger partial charge in [-0.15, -0.1) is 0 Å². The number of amides is 1. The lowest BCUT2D eigenvalue weighted by Crippen LogP contribution is -2.20. The monoisotopic (exact) mass is 434 g/mol. The van der Waals surface area contributed by atoms with E-state index in [1.165, 1.54) is 48.5 Å². The van der Waals surface area contributed by atoms with Crippen molar-refractivity contribution in [3.05, 3.63) is 83.6 Å². The van der Waals surface area contributed by atoms with E-state index in [9.17, 15) is 17.6 Å². The molecule has 3 aromatic rings. The molecule has 0 saturated carbocycles. The van der Waals surface area contributed by atoms with Gasteiger partial charge < -0.3 is 10.1 Å². The number of carbonyl (C=O) groups is 1. The van der Waals surface area contributed by atoms with Crippen LogP contribution in [-0.4, -0.2) is 20.9 Å². The van der Waals surface area contributed by atoms with Crippen molar-refractivity contribution in [2.45, 2.75) is 4.90 Å². The molecule has 2 N–H and O–H groups in total. The van der Waals surface area contributed by atoms with Gasteiger partial charge in [0.25, 0.3) is 15.9 Å². The SMILES string of the molecule is O=C(COc1cccc(F)c1)Nc1cccc(S(=O)(=O)Nc2ccc(Cl)cc2)c1. The van der Waals surface area contributed by atoms with Gasteiger partial charge >= 0.3 is 0 Å². The summed E-state index contributed by atoms with van der Waals surface area (Å²) in [6.45, 7) is -0.358. The number of sulfonamides is 1. The Hall–Kier alpha value is -3.10. The number of rotatable bonds is 7. The van der Waals surface area contributed by atoms with E-state index in [2.05, 4.69) is 10.0 Å². The zero-order chi connectivity index (χ0) is 20.9. The molecule has 0 unspecified atom stereocenters. The van der Waals surface area contributed by atoms with Crippen LogP contribution in [-0.2, 0) is 14.8 Å². The third-order valence-corrected chi connectivity index (χ3v) is 5.32. The zero-order valence-electron chi connectivity index (χ0n) is 14.9. The van der Waals surface area contributed by atoms with Gasteiger partial charge in [-0.3, -0.25) is 9.52 Å². The third-order valence-electron chi connectivity index (χ3n) is 3.69. The largest absolute Gasteiger partial charge is 0.484 e. The van der Waals surface area contributed by atoms with Crippen LogP contribution >= 0.6 is 11.6 Å². The van der Waals surface area contributed by atoms with Crippen LogP contribution in [0.25, 0.3) is 0 Å². The average Bonchev–Trinajstić information content (AvgIpc) is 2.68. The number of benzene rings is 3. The highest BCUT2D eigenvalue weighted by atomic mass is 35.5. The molecule has 0 heterocycles. The van der Waals surface area contributed by atoms with Crippen molar-refractivity contribution in [2.24, 2.45) is 0 Å². The first-order valence-corrected chi connectivity index (χ1v) is 10.2. The molecule has 29 heavy (non-hydrogen) atoms. The second kappa shape index (κ2) is 8.93. The van der Waals surface area contributed by atoms with Crippen molar-refractivity contribution < 1.29 is 22.3 Å². The molecule has 0 aliphatic rings. The minimum absolute atomic E-state index is 0.0312. The summed E-state index contributed by atoms with van der Waals surface area (Å²) in [5.41, 5.74) is 0.629. The van der Waals surface area contributed by atoms with Gasteiger partial charge in [0.15, 0.2) is 6.61 Å². The van der Waals surface area contributed by atoms with Crippen LogP contribution in [0, 0.1) is 5.82 Å². The highest BCUT2D eigenvalue weighted by Gasteiger charge is 2.15. The second-order valence-electron chi connectivity index (χ2n) is 5.93. The van der Waals surface area contributed by atoms with Crippen LogP contribution in [0.5, 0.6) is 5.75 Å². The van der Waals surface area contributed by atoms with Gasteiger partial charge in [-0.25, -0.2) is 12.8 Å². The number of carbonyl (C=O) groups excluding carboxylic acids is 1. The lowest BCUT2D eigenvalue weighted by atomic mass is 10.3. The van der Waals surface area contributed by atoms with Crippen LogP contribution in [0.4, 0.5) is 15.8 Å². The second-order valence-corrected chi connectivity index (χ2v) is 8.05. The van der Waals surface area contributed by atoms with Gasteiger partial charge in [0.1, 0.15) is 11.6 Å². The summed E-state index contributed by atoms with van der Waals surface area (Å²) in [7, 11) is -3.86. The first-order valence-electron chi connectivity index (χ1n) is 8.38. The molecule has 9 heteroatoms. The van der Waals surface area contributed by atoms with Gasteiger partial charge in [0.05, 0.1) is 4.90 Å². The van der Waals surface area contributed by atoms with Crippen molar-refractivity contribution >= 4 is 38.9 Å². The molecule has 0 bridgehead atoms. The van der Waals surface area contributed by atoms with Crippen molar-refractivity contribution in [2.75, 3.05) is 16.6 Å². The smallest absolute Gasteiger partial charge is 0.262 e. The molecular formula is C20H16ClFN2O4S. The minimum atomic E-state index is -3.86. The molecule has 0 aliphatic heterocycles. The molecule has 0 aliphatic carbocycles. The van der Waals surface area contributed by atoms with Crippen LogP contribution < -0.4 is 14.8 Å². The predicted octanol–water partition coefficient (Wildman–Crippen LogP) is 4.30. The number of halogens is 2. The topological polar surface area (TPSA) is 84.5 Å². The maximum atomic E-state index is 13.1. The molecule has 0 saturated heterocycles. The van der Waals surface area contributed by atoms with Crippen molar-refractivity contribution in [1.29, 1.82) is 0 Å². The highest BCUT2D eigenvalue weighted by Crippen LogP contribution is 2.21. The highest BCUT2D eigenvalue weighted by molar-refractivity contribution is 7.92. The number of anilines is 2. The van der Waals surface area contributed by atoms with Crippen LogP contribution in [0.1, 0.15) is 0 Å². The molecule has 0 fully saturated rings. The Morgan fingerprint density at radius 3 is 2.41 bits per heavy atom. The van der Waals surface area contributed by atoms with E-state index in [-0.39, 0.29) is 22.9 Å². The quantitative estimate of drug-likeness (QED) is 0.580. The molecule has 1 amide bonds. The van der Waals surface area contributed by atoms with E-state index in [1.807, 2.05) is 0 Å². The molecule has 0 atom stereocenters. The maximum Gasteiger partial charge on any atom is 0.262 e. The summed E-state index contributed by atoms with van der Waals surface area (Å²) in [4.78, 5) is 12.0. The summed E-state index contributed by atoms with van der Waals surface area (Å²) in [6.07, 6.45) is 0. The summed E-state index contributed by atoms with van der Waals surface area (Å²) in [5.74, 6) is -0.785. The first-order chi connectivity index (χ1) is 13.8. The van der Waals surface area contributed by atoms with Gasteiger partial charge in [-0.2, -0.15) is 0 Å². The molecule has 0 spiro atoms. The van der Waals surface area contributed by atoms with E-state index in [1.54, 1.807) is 18.2 Å². The molecule has 0 radical (unpaired) electrons. The Bertz CT molecular complexity index is 1120. The Kier molecular flexibility index (Phi) is 6.36.